The van der Waals surface area contributed by atoms with E-state index < -0.39 is 0 Å². The summed E-state index contributed by atoms with van der Waals surface area (Å²) >= 11 is 0. The molecule has 1 aromatic rings. The van der Waals surface area contributed by atoms with Crippen LogP contribution in [0.3, 0.4) is 0 Å². The molecule has 0 saturated carbocycles. The molecule has 0 aliphatic carbocycles. The van der Waals surface area contributed by atoms with Crippen LogP contribution in [0.5, 0.6) is 0 Å². The molecule has 0 fully saturated rings. The largest absolute Gasteiger partial charge is 0.207 e. The number of hydrogen-bond donors (Lipinski definition) is 0. The van der Waals surface area contributed by atoms with Crippen LogP contribution in [-0.2, 0) is 0 Å². The summed E-state index contributed by atoms with van der Waals surface area (Å²) in [5, 5.41) is 0. The van der Waals surface area contributed by atoms with Gasteiger partial charge in [0, 0.05) is 0 Å². The molecule has 94 valence electrons. The third-order valence-corrected chi connectivity index (χ3v) is 2.45. The molecule has 0 aliphatic rings. The number of hydrogen-bond acceptors (Lipinski definition) is 0. The van der Waals surface area contributed by atoms with Gasteiger partial charge in [0.05, 0.1) is 0 Å². The SMILES string of the molecule is C/C=C(\C=C(\C)CC)c1ccc(F)cc1.CC. The average Bonchev–Trinajstić information content (AvgIpc) is 2.39. The third-order valence-electron chi connectivity index (χ3n) is 2.45. The smallest absolute Gasteiger partial charge is 0.123 e. The minimum atomic E-state index is -0.189. The van der Waals surface area contributed by atoms with Crippen LogP contribution in [0, 0.1) is 5.82 Å². The molecule has 1 aromatic carbocycles. The van der Waals surface area contributed by atoms with Crippen LogP contribution < -0.4 is 0 Å². The van der Waals surface area contributed by atoms with Crippen LogP contribution in [0.1, 0.15) is 46.6 Å². The van der Waals surface area contributed by atoms with E-state index in [1.54, 1.807) is 0 Å². The summed E-state index contributed by atoms with van der Waals surface area (Å²) < 4.78 is 12.7. The molecule has 0 aromatic heterocycles. The van der Waals surface area contributed by atoms with Crippen molar-refractivity contribution in [1.82, 2.24) is 0 Å². The fourth-order valence-corrected chi connectivity index (χ4v) is 1.34. The lowest BCUT2D eigenvalue weighted by atomic mass is 10.0. The lowest BCUT2D eigenvalue weighted by Crippen LogP contribution is -1.83. The van der Waals surface area contributed by atoms with Gasteiger partial charge in [-0.25, -0.2) is 4.39 Å². The Morgan fingerprint density at radius 2 is 1.71 bits per heavy atom. The van der Waals surface area contributed by atoms with E-state index in [9.17, 15) is 4.39 Å². The average molecular weight is 234 g/mol. The molecule has 0 aliphatic heterocycles. The Balaban J connectivity index is 0.00000121. The molecular formula is C16H23F. The van der Waals surface area contributed by atoms with Crippen molar-refractivity contribution in [2.24, 2.45) is 0 Å². The molecule has 0 atom stereocenters. The lowest BCUT2D eigenvalue weighted by molar-refractivity contribution is 0.627. The standard InChI is InChI=1S/C14H17F.C2H6/c1-4-11(3)10-12(5-2)13-6-8-14(15)9-7-13;1-2/h5-10H,4H2,1-3H3;1-2H3/b11-10-,12-5+;. The minimum Gasteiger partial charge on any atom is -0.207 e. The number of rotatable bonds is 3. The van der Waals surface area contributed by atoms with Gasteiger partial charge in [0.2, 0.25) is 0 Å². The molecular weight excluding hydrogens is 211 g/mol. The van der Waals surface area contributed by atoms with Gasteiger partial charge in [-0.15, -0.1) is 0 Å². The highest BCUT2D eigenvalue weighted by molar-refractivity contribution is 5.74. The van der Waals surface area contributed by atoms with Crippen molar-refractivity contribution in [2.75, 3.05) is 0 Å². The zero-order valence-corrected chi connectivity index (χ0v) is 11.5. The Hall–Kier alpha value is -1.37. The highest BCUT2D eigenvalue weighted by Crippen LogP contribution is 2.18. The normalized spacial score (nSPS) is 11.9. The number of benzene rings is 1. The fraction of sp³-hybridized carbons (Fsp3) is 0.375. The van der Waals surface area contributed by atoms with E-state index in [2.05, 4.69) is 19.9 Å². The summed E-state index contributed by atoms with van der Waals surface area (Å²) in [6, 6.07) is 6.61. The van der Waals surface area contributed by atoms with Gasteiger partial charge in [0.1, 0.15) is 5.82 Å². The predicted molar refractivity (Wildman–Crippen MR) is 75.4 cm³/mol. The topological polar surface area (TPSA) is 0 Å². The van der Waals surface area contributed by atoms with Crippen LogP contribution in [0.25, 0.3) is 5.57 Å². The Bertz CT molecular complexity index is 369. The molecule has 1 heteroatoms. The first-order chi connectivity index (χ1) is 8.17. The van der Waals surface area contributed by atoms with E-state index in [-0.39, 0.29) is 5.82 Å². The van der Waals surface area contributed by atoms with E-state index in [1.807, 2.05) is 39.0 Å². The quantitative estimate of drug-likeness (QED) is 0.596. The molecule has 0 unspecified atom stereocenters. The van der Waals surface area contributed by atoms with E-state index in [0.29, 0.717) is 0 Å². The van der Waals surface area contributed by atoms with Gasteiger partial charge in [-0.2, -0.15) is 0 Å². The maximum Gasteiger partial charge on any atom is 0.123 e. The van der Waals surface area contributed by atoms with Crippen molar-refractivity contribution in [3.63, 3.8) is 0 Å². The summed E-state index contributed by atoms with van der Waals surface area (Å²) in [6.45, 7) is 10.2. The Morgan fingerprint density at radius 3 is 2.12 bits per heavy atom. The summed E-state index contributed by atoms with van der Waals surface area (Å²) in [7, 11) is 0. The van der Waals surface area contributed by atoms with Crippen LogP contribution in [0.4, 0.5) is 4.39 Å². The zero-order valence-electron chi connectivity index (χ0n) is 11.5. The maximum absolute atomic E-state index is 12.7. The van der Waals surface area contributed by atoms with E-state index in [0.717, 1.165) is 17.6 Å². The van der Waals surface area contributed by atoms with Gasteiger partial charge in [-0.1, -0.05) is 50.6 Å². The number of halogens is 1. The van der Waals surface area contributed by atoms with Crippen LogP contribution in [-0.4, -0.2) is 0 Å². The number of allylic oxidation sites excluding steroid dienone is 4. The van der Waals surface area contributed by atoms with Crippen LogP contribution in [0.2, 0.25) is 0 Å². The Kier molecular flexibility index (Phi) is 8.04. The van der Waals surface area contributed by atoms with E-state index in [1.165, 1.54) is 17.7 Å². The lowest BCUT2D eigenvalue weighted by Gasteiger charge is -2.03. The van der Waals surface area contributed by atoms with Gasteiger partial charge >= 0.3 is 0 Å². The van der Waals surface area contributed by atoms with E-state index >= 15 is 0 Å². The molecule has 0 radical (unpaired) electrons. The Labute approximate surface area is 105 Å². The van der Waals surface area contributed by atoms with Crippen molar-refractivity contribution in [1.29, 1.82) is 0 Å². The van der Waals surface area contributed by atoms with Gasteiger partial charge in [0.15, 0.2) is 0 Å². The molecule has 0 amide bonds. The molecule has 17 heavy (non-hydrogen) atoms. The zero-order chi connectivity index (χ0) is 13.3. The highest BCUT2D eigenvalue weighted by atomic mass is 19.1. The van der Waals surface area contributed by atoms with Gasteiger partial charge in [0.25, 0.3) is 0 Å². The summed E-state index contributed by atoms with van der Waals surface area (Å²) in [5.41, 5.74) is 3.54. The van der Waals surface area contributed by atoms with Crippen molar-refractivity contribution >= 4 is 5.57 Å². The molecule has 0 nitrogen and oxygen atoms in total. The third kappa shape index (κ3) is 5.48. The van der Waals surface area contributed by atoms with Crippen LogP contribution >= 0.6 is 0 Å². The van der Waals surface area contributed by atoms with Gasteiger partial charge < -0.3 is 0 Å². The van der Waals surface area contributed by atoms with Crippen LogP contribution in [0.15, 0.2) is 42.0 Å². The summed E-state index contributed by atoms with van der Waals surface area (Å²) in [5.74, 6) is -0.189. The highest BCUT2D eigenvalue weighted by Gasteiger charge is 1.98. The Morgan fingerprint density at radius 1 is 1.18 bits per heavy atom. The van der Waals surface area contributed by atoms with Crippen molar-refractivity contribution in [3.8, 4) is 0 Å². The van der Waals surface area contributed by atoms with E-state index in [4.69, 9.17) is 0 Å². The molecule has 0 bridgehead atoms. The predicted octanol–water partition coefficient (Wildman–Crippen LogP) is 5.61. The van der Waals surface area contributed by atoms with Crippen molar-refractivity contribution < 1.29 is 4.39 Å². The summed E-state index contributed by atoms with van der Waals surface area (Å²) in [6.07, 6.45) is 5.23. The molecule has 0 N–H and O–H groups in total. The second-order valence-electron chi connectivity index (χ2n) is 3.60. The molecule has 0 spiro atoms. The second-order valence-corrected chi connectivity index (χ2v) is 3.60. The molecule has 1 rings (SSSR count). The minimum absolute atomic E-state index is 0.189. The molecule has 0 saturated heterocycles. The fourth-order valence-electron chi connectivity index (χ4n) is 1.34. The van der Waals surface area contributed by atoms with Gasteiger partial charge in [-0.05, 0) is 43.5 Å². The second kappa shape index (κ2) is 8.74. The summed E-state index contributed by atoms with van der Waals surface area (Å²) in [4.78, 5) is 0. The van der Waals surface area contributed by atoms with Crippen molar-refractivity contribution in [2.45, 2.75) is 41.0 Å². The first-order valence-corrected chi connectivity index (χ1v) is 6.26. The first kappa shape index (κ1) is 15.6. The molecule has 0 heterocycles. The monoisotopic (exact) mass is 234 g/mol. The van der Waals surface area contributed by atoms with Gasteiger partial charge in [-0.3, -0.25) is 0 Å². The maximum atomic E-state index is 12.7. The van der Waals surface area contributed by atoms with Crippen molar-refractivity contribution in [3.05, 3.63) is 53.4 Å². The first-order valence-electron chi connectivity index (χ1n) is 6.26.